The topological polar surface area (TPSA) is 88.9 Å². The van der Waals surface area contributed by atoms with E-state index in [1.807, 2.05) is 37.3 Å². The van der Waals surface area contributed by atoms with Crippen LogP contribution in [0.2, 0.25) is 0 Å². The van der Waals surface area contributed by atoms with Crippen LogP contribution < -0.4 is 16.2 Å². The molecule has 2 N–H and O–H groups in total. The second kappa shape index (κ2) is 7.79. The lowest BCUT2D eigenvalue weighted by Gasteiger charge is -2.13. The van der Waals surface area contributed by atoms with Crippen molar-refractivity contribution in [2.75, 3.05) is 17.7 Å². The van der Waals surface area contributed by atoms with Gasteiger partial charge in [0, 0.05) is 61.0 Å². The number of fused-ring (bicyclic) bond motifs is 1. The summed E-state index contributed by atoms with van der Waals surface area (Å²) in [7, 11) is 3.54. The summed E-state index contributed by atoms with van der Waals surface area (Å²) < 4.78 is 1.62. The summed E-state index contributed by atoms with van der Waals surface area (Å²) in [6.07, 6.45) is 4.89. The summed E-state index contributed by atoms with van der Waals surface area (Å²) in [5.41, 5.74) is 4.07. The molecule has 0 aliphatic carbocycles. The highest BCUT2D eigenvalue weighted by molar-refractivity contribution is 6.04. The third kappa shape index (κ3) is 3.53. The largest absolute Gasteiger partial charge is 0.373 e. The van der Waals surface area contributed by atoms with E-state index in [0.717, 1.165) is 22.0 Å². The van der Waals surface area contributed by atoms with Crippen LogP contribution in [0.1, 0.15) is 15.9 Å². The standard InChI is InChI=1S/C23H21N5O2/c1-14-4-5-17(27-22(29)15-6-8-25-9-7-15)11-18(14)19-10-16-13-26-21(24-2)12-20(16)28(3)23(19)30/h4-13H,1-3H3,(H,24,26)(H,27,29). The maximum atomic E-state index is 13.1. The van der Waals surface area contributed by atoms with Gasteiger partial charge in [-0.25, -0.2) is 4.98 Å². The minimum absolute atomic E-state index is 0.114. The van der Waals surface area contributed by atoms with Crippen molar-refractivity contribution in [3.63, 3.8) is 0 Å². The van der Waals surface area contributed by atoms with Crippen LogP contribution in [0, 0.1) is 6.92 Å². The summed E-state index contributed by atoms with van der Waals surface area (Å²) in [4.78, 5) is 33.9. The van der Waals surface area contributed by atoms with Crippen LogP contribution in [0.4, 0.5) is 11.5 Å². The molecule has 0 spiro atoms. The zero-order valence-electron chi connectivity index (χ0n) is 16.9. The Morgan fingerprint density at radius 1 is 1.03 bits per heavy atom. The van der Waals surface area contributed by atoms with Gasteiger partial charge < -0.3 is 15.2 Å². The molecule has 3 heterocycles. The van der Waals surface area contributed by atoms with Crippen molar-refractivity contribution in [3.05, 3.63) is 82.5 Å². The van der Waals surface area contributed by atoms with Gasteiger partial charge in [0.25, 0.3) is 11.5 Å². The fraction of sp³-hybridized carbons (Fsp3) is 0.130. The van der Waals surface area contributed by atoms with E-state index in [1.54, 1.807) is 49.4 Å². The summed E-state index contributed by atoms with van der Waals surface area (Å²) in [5.74, 6) is 0.463. The lowest BCUT2D eigenvalue weighted by atomic mass is 9.99. The smallest absolute Gasteiger partial charge is 0.258 e. The maximum Gasteiger partial charge on any atom is 0.258 e. The van der Waals surface area contributed by atoms with Crippen LogP contribution >= 0.6 is 0 Å². The van der Waals surface area contributed by atoms with Gasteiger partial charge in [0.05, 0.1) is 5.52 Å². The van der Waals surface area contributed by atoms with Crippen molar-refractivity contribution in [2.24, 2.45) is 7.05 Å². The second-order valence-electron chi connectivity index (χ2n) is 7.02. The zero-order chi connectivity index (χ0) is 21.3. The van der Waals surface area contributed by atoms with E-state index in [4.69, 9.17) is 0 Å². The van der Waals surface area contributed by atoms with E-state index in [9.17, 15) is 9.59 Å². The molecule has 150 valence electrons. The Labute approximate surface area is 173 Å². The van der Waals surface area contributed by atoms with Crippen molar-refractivity contribution < 1.29 is 4.79 Å². The molecule has 4 aromatic rings. The highest BCUT2D eigenvalue weighted by Crippen LogP contribution is 2.27. The van der Waals surface area contributed by atoms with E-state index in [-0.39, 0.29) is 11.5 Å². The maximum absolute atomic E-state index is 13.1. The molecule has 7 nitrogen and oxygen atoms in total. The quantitative estimate of drug-likeness (QED) is 0.547. The molecule has 0 saturated heterocycles. The number of hydrogen-bond acceptors (Lipinski definition) is 5. The van der Waals surface area contributed by atoms with Crippen molar-refractivity contribution in [1.29, 1.82) is 0 Å². The lowest BCUT2D eigenvalue weighted by molar-refractivity contribution is 0.102. The minimum atomic E-state index is -0.234. The van der Waals surface area contributed by atoms with Crippen LogP contribution in [0.25, 0.3) is 22.0 Å². The van der Waals surface area contributed by atoms with Crippen molar-refractivity contribution in [3.8, 4) is 11.1 Å². The summed E-state index contributed by atoms with van der Waals surface area (Å²) in [6, 6.07) is 12.5. The van der Waals surface area contributed by atoms with Gasteiger partial charge in [0.2, 0.25) is 0 Å². The fourth-order valence-corrected chi connectivity index (χ4v) is 3.39. The van der Waals surface area contributed by atoms with Gasteiger partial charge in [-0.3, -0.25) is 14.6 Å². The first-order chi connectivity index (χ1) is 14.5. The average Bonchev–Trinajstić information content (AvgIpc) is 2.78. The average molecular weight is 399 g/mol. The van der Waals surface area contributed by atoms with Gasteiger partial charge in [-0.2, -0.15) is 0 Å². The normalized spacial score (nSPS) is 10.8. The van der Waals surface area contributed by atoms with Crippen LogP contribution in [0.5, 0.6) is 0 Å². The van der Waals surface area contributed by atoms with E-state index in [0.29, 0.717) is 22.6 Å². The van der Waals surface area contributed by atoms with Crippen LogP contribution in [0.3, 0.4) is 0 Å². The number of rotatable bonds is 4. The summed E-state index contributed by atoms with van der Waals surface area (Å²) in [6.45, 7) is 1.94. The Balaban J connectivity index is 1.78. The number of carbonyl (C=O) groups excluding carboxylic acids is 1. The Kier molecular flexibility index (Phi) is 5.02. The molecule has 3 aromatic heterocycles. The Morgan fingerprint density at radius 3 is 2.53 bits per heavy atom. The SMILES string of the molecule is CNc1cc2c(cn1)cc(-c1cc(NC(=O)c3ccncc3)ccc1C)c(=O)n2C. The van der Waals surface area contributed by atoms with Crippen molar-refractivity contribution in [1.82, 2.24) is 14.5 Å². The Hall–Kier alpha value is -4.00. The van der Waals surface area contributed by atoms with E-state index >= 15 is 0 Å². The lowest BCUT2D eigenvalue weighted by Crippen LogP contribution is -2.19. The zero-order valence-corrected chi connectivity index (χ0v) is 16.9. The van der Waals surface area contributed by atoms with E-state index < -0.39 is 0 Å². The molecule has 7 heteroatoms. The first kappa shape index (κ1) is 19.3. The third-order valence-corrected chi connectivity index (χ3v) is 5.09. The first-order valence-electron chi connectivity index (χ1n) is 9.48. The van der Waals surface area contributed by atoms with Crippen LogP contribution in [-0.4, -0.2) is 27.5 Å². The number of amides is 1. The Bertz CT molecular complexity index is 1310. The third-order valence-electron chi connectivity index (χ3n) is 5.09. The number of anilines is 2. The number of hydrogen-bond donors (Lipinski definition) is 2. The van der Waals surface area contributed by atoms with E-state index in [1.165, 1.54) is 0 Å². The molecule has 0 atom stereocenters. The molecule has 1 amide bonds. The highest BCUT2D eigenvalue weighted by Gasteiger charge is 2.14. The van der Waals surface area contributed by atoms with Crippen molar-refractivity contribution in [2.45, 2.75) is 6.92 Å². The first-order valence-corrected chi connectivity index (χ1v) is 9.48. The molecular formula is C23H21N5O2. The molecule has 0 fully saturated rings. The van der Waals surface area contributed by atoms with Gasteiger partial charge in [0.15, 0.2) is 0 Å². The number of nitrogens with one attached hydrogen (secondary N) is 2. The predicted octanol–water partition coefficient (Wildman–Crippen LogP) is 3.60. The number of aromatic nitrogens is 3. The van der Waals surface area contributed by atoms with Crippen LogP contribution in [0.15, 0.2) is 65.8 Å². The van der Waals surface area contributed by atoms with Crippen molar-refractivity contribution >= 4 is 28.3 Å². The number of carbonyl (C=O) groups is 1. The molecule has 0 aliphatic heterocycles. The number of aryl methyl sites for hydroxylation is 2. The minimum Gasteiger partial charge on any atom is -0.373 e. The predicted molar refractivity (Wildman–Crippen MR) is 119 cm³/mol. The fourth-order valence-electron chi connectivity index (χ4n) is 3.39. The van der Waals surface area contributed by atoms with Crippen LogP contribution in [-0.2, 0) is 7.05 Å². The van der Waals surface area contributed by atoms with Gasteiger partial charge in [0.1, 0.15) is 5.82 Å². The molecule has 0 aliphatic rings. The van der Waals surface area contributed by atoms with Gasteiger partial charge >= 0.3 is 0 Å². The molecule has 0 radical (unpaired) electrons. The molecule has 0 bridgehead atoms. The summed E-state index contributed by atoms with van der Waals surface area (Å²) >= 11 is 0. The number of nitrogens with zero attached hydrogens (tertiary/aromatic N) is 3. The number of benzene rings is 1. The summed E-state index contributed by atoms with van der Waals surface area (Å²) in [5, 5.41) is 6.73. The number of pyridine rings is 3. The monoisotopic (exact) mass is 399 g/mol. The molecular weight excluding hydrogens is 378 g/mol. The molecule has 30 heavy (non-hydrogen) atoms. The molecule has 0 unspecified atom stereocenters. The molecule has 1 aromatic carbocycles. The van der Waals surface area contributed by atoms with Gasteiger partial charge in [-0.15, -0.1) is 0 Å². The van der Waals surface area contributed by atoms with E-state index in [2.05, 4.69) is 20.6 Å². The highest BCUT2D eigenvalue weighted by atomic mass is 16.1. The Morgan fingerprint density at radius 2 is 1.80 bits per heavy atom. The van der Waals surface area contributed by atoms with Gasteiger partial charge in [-0.1, -0.05) is 6.07 Å². The molecule has 0 saturated carbocycles. The van der Waals surface area contributed by atoms with Gasteiger partial charge in [-0.05, 0) is 48.4 Å². The molecule has 4 rings (SSSR count). The second-order valence-corrected chi connectivity index (χ2v) is 7.02.